The molecule has 0 aromatic heterocycles. The molecule has 1 aromatic carbocycles. The van der Waals surface area contributed by atoms with E-state index in [1.165, 1.54) is 4.90 Å². The molecule has 0 unspecified atom stereocenters. The first-order valence-corrected chi connectivity index (χ1v) is 6.75. The zero-order valence-corrected chi connectivity index (χ0v) is 12.5. The summed E-state index contributed by atoms with van der Waals surface area (Å²) in [6.07, 6.45) is -4.43. The number of benzene rings is 1. The van der Waals surface area contributed by atoms with Gasteiger partial charge >= 0.3 is 6.18 Å². The maximum Gasteiger partial charge on any atom is 0.411 e. The molecule has 0 aliphatic heterocycles. The molecule has 21 heavy (non-hydrogen) atoms. The topological polar surface area (TPSA) is 29.5 Å². The predicted molar refractivity (Wildman–Crippen MR) is 74.0 cm³/mol. The minimum Gasteiger partial charge on any atom is -0.362 e. The van der Waals surface area contributed by atoms with Crippen LogP contribution in [-0.4, -0.2) is 36.2 Å². The molecule has 0 atom stereocenters. The quantitative estimate of drug-likeness (QED) is 0.799. The van der Waals surface area contributed by atoms with Gasteiger partial charge in [-0.2, -0.15) is 13.2 Å². The van der Waals surface area contributed by atoms with Gasteiger partial charge in [0.05, 0.1) is 0 Å². The Morgan fingerprint density at radius 2 is 2.05 bits per heavy atom. The van der Waals surface area contributed by atoms with Gasteiger partial charge in [-0.05, 0) is 31.5 Å². The summed E-state index contributed by atoms with van der Waals surface area (Å²) in [7, 11) is 0. The van der Waals surface area contributed by atoms with Crippen molar-refractivity contribution in [1.82, 2.24) is 4.90 Å². The molecule has 1 aromatic rings. The third kappa shape index (κ3) is 6.82. The van der Waals surface area contributed by atoms with Crippen LogP contribution >= 0.6 is 11.6 Å². The van der Waals surface area contributed by atoms with Gasteiger partial charge < -0.3 is 9.64 Å². The molecule has 0 heterocycles. The number of carbonyl (C=O) groups is 1. The van der Waals surface area contributed by atoms with E-state index in [2.05, 4.69) is 4.74 Å². The van der Waals surface area contributed by atoms with E-state index in [-0.39, 0.29) is 12.6 Å². The van der Waals surface area contributed by atoms with Crippen LogP contribution < -0.4 is 0 Å². The van der Waals surface area contributed by atoms with Gasteiger partial charge in [-0.1, -0.05) is 23.7 Å². The van der Waals surface area contributed by atoms with Crippen LogP contribution in [0.25, 0.3) is 0 Å². The fraction of sp³-hybridized carbons (Fsp3) is 0.500. The summed E-state index contributed by atoms with van der Waals surface area (Å²) in [4.78, 5) is 13.4. The van der Waals surface area contributed by atoms with Gasteiger partial charge in [0.15, 0.2) is 0 Å². The van der Waals surface area contributed by atoms with Crippen molar-refractivity contribution in [2.75, 3.05) is 13.2 Å². The van der Waals surface area contributed by atoms with Crippen molar-refractivity contribution < 1.29 is 22.7 Å². The molecule has 0 saturated carbocycles. The Kier molecular flexibility index (Phi) is 6.48. The molecule has 7 heteroatoms. The van der Waals surface area contributed by atoms with Gasteiger partial charge in [0.25, 0.3) is 0 Å². The molecule has 0 radical (unpaired) electrons. The first kappa shape index (κ1) is 17.8. The van der Waals surface area contributed by atoms with Gasteiger partial charge in [-0.25, -0.2) is 0 Å². The lowest BCUT2D eigenvalue weighted by atomic mass is 10.2. The molecule has 0 N–H and O–H groups in total. The number of carbonyl (C=O) groups excluding carboxylic acids is 1. The second-order valence-electron chi connectivity index (χ2n) is 4.85. The van der Waals surface area contributed by atoms with E-state index in [0.29, 0.717) is 5.02 Å². The number of rotatable bonds is 6. The van der Waals surface area contributed by atoms with Crippen molar-refractivity contribution in [1.29, 1.82) is 0 Å². The molecular weight excluding hydrogens is 307 g/mol. The Morgan fingerprint density at radius 3 is 2.57 bits per heavy atom. The van der Waals surface area contributed by atoms with Gasteiger partial charge in [-0.15, -0.1) is 0 Å². The average Bonchev–Trinajstić information content (AvgIpc) is 2.34. The molecule has 0 saturated heterocycles. The van der Waals surface area contributed by atoms with Crippen molar-refractivity contribution >= 4 is 17.5 Å². The lowest BCUT2D eigenvalue weighted by Crippen LogP contribution is -2.39. The van der Waals surface area contributed by atoms with Crippen LogP contribution in [0.1, 0.15) is 19.4 Å². The average molecular weight is 324 g/mol. The summed E-state index contributed by atoms with van der Waals surface area (Å²) < 4.78 is 40.4. The highest BCUT2D eigenvalue weighted by atomic mass is 35.5. The van der Waals surface area contributed by atoms with E-state index in [9.17, 15) is 18.0 Å². The van der Waals surface area contributed by atoms with E-state index in [4.69, 9.17) is 11.6 Å². The monoisotopic (exact) mass is 323 g/mol. The van der Waals surface area contributed by atoms with Crippen molar-refractivity contribution in [2.45, 2.75) is 32.6 Å². The summed E-state index contributed by atoms with van der Waals surface area (Å²) in [6, 6.07) is 6.80. The highest BCUT2D eigenvalue weighted by molar-refractivity contribution is 6.30. The first-order chi connectivity index (χ1) is 9.69. The highest BCUT2D eigenvalue weighted by Gasteiger charge is 2.28. The predicted octanol–water partition coefficient (Wildman–Crippen LogP) is 3.66. The zero-order valence-electron chi connectivity index (χ0n) is 11.8. The Labute approximate surface area is 126 Å². The molecule has 0 bridgehead atoms. The Morgan fingerprint density at radius 1 is 1.38 bits per heavy atom. The van der Waals surface area contributed by atoms with Crippen LogP contribution in [0.15, 0.2) is 24.3 Å². The molecule has 0 spiro atoms. The number of ether oxygens (including phenoxy) is 1. The summed E-state index contributed by atoms with van der Waals surface area (Å²) >= 11 is 5.87. The normalized spacial score (nSPS) is 11.8. The van der Waals surface area contributed by atoms with Crippen LogP contribution in [-0.2, 0) is 16.1 Å². The summed E-state index contributed by atoms with van der Waals surface area (Å²) in [6.45, 7) is 1.81. The maximum atomic E-state index is 12.0. The van der Waals surface area contributed by atoms with Gasteiger partial charge in [0.1, 0.15) is 13.2 Å². The number of alkyl halides is 3. The van der Waals surface area contributed by atoms with Crippen LogP contribution in [0.3, 0.4) is 0 Å². The van der Waals surface area contributed by atoms with E-state index in [1.807, 2.05) is 0 Å². The standard InChI is InChI=1S/C14H17ClF3NO2/c1-10(2)19(7-11-4-3-5-12(15)6-11)13(20)8-21-9-14(16,17)18/h3-6,10H,7-9H2,1-2H3. The fourth-order valence-corrected chi connectivity index (χ4v) is 1.94. The number of hydrogen-bond acceptors (Lipinski definition) is 2. The van der Waals surface area contributed by atoms with Crippen molar-refractivity contribution in [3.8, 4) is 0 Å². The number of halogens is 4. The molecule has 3 nitrogen and oxygen atoms in total. The second kappa shape index (κ2) is 7.66. The zero-order chi connectivity index (χ0) is 16.0. The number of hydrogen-bond donors (Lipinski definition) is 0. The van der Waals surface area contributed by atoms with Crippen molar-refractivity contribution in [3.63, 3.8) is 0 Å². The Bertz CT molecular complexity index is 478. The van der Waals surface area contributed by atoms with E-state index in [0.717, 1.165) is 5.56 Å². The Balaban J connectivity index is 2.62. The van der Waals surface area contributed by atoms with E-state index in [1.54, 1.807) is 38.1 Å². The van der Waals surface area contributed by atoms with Gasteiger partial charge in [-0.3, -0.25) is 4.79 Å². The smallest absolute Gasteiger partial charge is 0.362 e. The van der Waals surface area contributed by atoms with Crippen LogP contribution in [0, 0.1) is 0 Å². The van der Waals surface area contributed by atoms with Crippen molar-refractivity contribution in [2.24, 2.45) is 0 Å². The lowest BCUT2D eigenvalue weighted by Gasteiger charge is -2.27. The summed E-state index contributed by atoms with van der Waals surface area (Å²) in [5.41, 5.74) is 0.806. The number of nitrogens with zero attached hydrogens (tertiary/aromatic N) is 1. The maximum absolute atomic E-state index is 12.0. The van der Waals surface area contributed by atoms with Crippen molar-refractivity contribution in [3.05, 3.63) is 34.9 Å². The Hall–Kier alpha value is -1.27. The molecule has 118 valence electrons. The second-order valence-corrected chi connectivity index (χ2v) is 5.29. The molecule has 0 aliphatic carbocycles. The minimum absolute atomic E-state index is 0.161. The third-order valence-electron chi connectivity index (χ3n) is 2.68. The molecule has 0 aliphatic rings. The van der Waals surface area contributed by atoms with Crippen LogP contribution in [0.5, 0.6) is 0 Å². The van der Waals surface area contributed by atoms with E-state index < -0.39 is 25.3 Å². The third-order valence-corrected chi connectivity index (χ3v) is 2.91. The van der Waals surface area contributed by atoms with E-state index >= 15 is 0 Å². The fourth-order valence-electron chi connectivity index (χ4n) is 1.73. The minimum atomic E-state index is -4.43. The van der Waals surface area contributed by atoms with Gasteiger partial charge in [0, 0.05) is 17.6 Å². The van der Waals surface area contributed by atoms with Gasteiger partial charge in [0.2, 0.25) is 5.91 Å². The van der Waals surface area contributed by atoms with Crippen LogP contribution in [0.2, 0.25) is 5.02 Å². The summed E-state index contributed by atoms with van der Waals surface area (Å²) in [5, 5.41) is 0.539. The largest absolute Gasteiger partial charge is 0.411 e. The summed E-state index contributed by atoms with van der Waals surface area (Å²) in [5.74, 6) is -0.491. The SMILES string of the molecule is CC(C)N(Cc1cccc(Cl)c1)C(=O)COCC(F)(F)F. The molecule has 1 rings (SSSR count). The molecule has 1 amide bonds. The lowest BCUT2D eigenvalue weighted by molar-refractivity contribution is -0.178. The first-order valence-electron chi connectivity index (χ1n) is 6.37. The molecule has 0 fully saturated rings. The molecular formula is C14H17ClF3NO2. The highest BCUT2D eigenvalue weighted by Crippen LogP contribution is 2.16. The number of amides is 1. The van der Waals surface area contributed by atoms with Crippen LogP contribution in [0.4, 0.5) is 13.2 Å².